The molecule has 0 aromatic heterocycles. The number of hydrogen-bond donors (Lipinski definition) is 2. The number of nitrogen functional groups attached to an aromatic ring is 1. The number of nitrogens with two attached hydrogens (primary N) is 1. The van der Waals surface area contributed by atoms with Gasteiger partial charge in [0.2, 0.25) is 5.91 Å². The van der Waals surface area contributed by atoms with E-state index in [4.69, 9.17) is 5.73 Å². The number of aryl methyl sites for hydroxylation is 1. The lowest BCUT2D eigenvalue weighted by atomic mass is 10.1. The van der Waals surface area contributed by atoms with E-state index >= 15 is 0 Å². The van der Waals surface area contributed by atoms with Gasteiger partial charge in [-0.15, -0.1) is 0 Å². The molecule has 0 saturated heterocycles. The van der Waals surface area contributed by atoms with E-state index in [1.54, 1.807) is 24.3 Å². The van der Waals surface area contributed by atoms with Crippen molar-refractivity contribution in [3.05, 3.63) is 29.8 Å². The smallest absolute Gasteiger partial charge is 0.390 e. The number of anilines is 1. The monoisotopic (exact) mass is 260 g/mol. The van der Waals surface area contributed by atoms with Crippen LogP contribution in [0.4, 0.5) is 18.9 Å². The maximum atomic E-state index is 11.8. The van der Waals surface area contributed by atoms with Gasteiger partial charge in [0.1, 0.15) is 0 Å². The number of hydrogen-bond acceptors (Lipinski definition) is 2. The van der Waals surface area contributed by atoms with E-state index in [0.29, 0.717) is 12.1 Å². The highest BCUT2D eigenvalue weighted by atomic mass is 19.4. The van der Waals surface area contributed by atoms with Crippen molar-refractivity contribution in [2.75, 3.05) is 12.3 Å². The van der Waals surface area contributed by atoms with Crippen molar-refractivity contribution < 1.29 is 18.0 Å². The number of benzene rings is 1. The van der Waals surface area contributed by atoms with Crippen LogP contribution in [0.5, 0.6) is 0 Å². The Labute approximate surface area is 103 Å². The quantitative estimate of drug-likeness (QED) is 0.798. The molecule has 0 saturated carbocycles. The van der Waals surface area contributed by atoms with E-state index in [-0.39, 0.29) is 13.0 Å². The second-order valence-electron chi connectivity index (χ2n) is 3.91. The second-order valence-corrected chi connectivity index (χ2v) is 3.91. The third kappa shape index (κ3) is 5.56. The molecule has 0 unspecified atom stereocenters. The predicted molar refractivity (Wildman–Crippen MR) is 62.9 cm³/mol. The third-order valence-corrected chi connectivity index (χ3v) is 2.41. The number of nitrogens with one attached hydrogen (secondary N) is 1. The lowest BCUT2D eigenvalue weighted by Gasteiger charge is -2.08. The number of rotatable bonds is 5. The predicted octanol–water partition coefficient (Wildman–Crippen LogP) is 2.27. The molecule has 1 amide bonds. The van der Waals surface area contributed by atoms with Gasteiger partial charge in [0, 0.05) is 18.7 Å². The van der Waals surface area contributed by atoms with Crippen LogP contribution in [0, 0.1) is 0 Å². The molecule has 6 heteroatoms. The first-order valence-electron chi connectivity index (χ1n) is 5.55. The highest BCUT2D eigenvalue weighted by Gasteiger charge is 2.26. The minimum Gasteiger partial charge on any atom is -0.399 e. The SMILES string of the molecule is Nc1ccccc1CCC(=O)NCCC(F)(F)F. The Kier molecular flexibility index (Phi) is 5.00. The molecule has 3 N–H and O–H groups in total. The summed E-state index contributed by atoms with van der Waals surface area (Å²) in [6, 6.07) is 7.09. The number of para-hydroxylation sites is 1. The molecule has 0 heterocycles. The normalized spacial score (nSPS) is 11.3. The molecular weight excluding hydrogens is 245 g/mol. The van der Waals surface area contributed by atoms with Crippen molar-refractivity contribution in [3.63, 3.8) is 0 Å². The van der Waals surface area contributed by atoms with Crippen molar-refractivity contribution in [2.45, 2.75) is 25.4 Å². The van der Waals surface area contributed by atoms with Crippen molar-refractivity contribution in [2.24, 2.45) is 0 Å². The lowest BCUT2D eigenvalue weighted by molar-refractivity contribution is -0.135. The number of alkyl halides is 3. The molecule has 1 aromatic carbocycles. The van der Waals surface area contributed by atoms with Gasteiger partial charge in [-0.1, -0.05) is 18.2 Å². The zero-order valence-electron chi connectivity index (χ0n) is 9.76. The molecule has 1 aromatic rings. The Balaban J connectivity index is 2.28. The molecule has 0 fully saturated rings. The highest BCUT2D eigenvalue weighted by molar-refractivity contribution is 5.76. The van der Waals surface area contributed by atoms with Gasteiger partial charge in [-0.3, -0.25) is 4.79 Å². The number of carbonyl (C=O) groups is 1. The molecule has 0 aliphatic heterocycles. The Morgan fingerprint density at radius 1 is 1.28 bits per heavy atom. The van der Waals surface area contributed by atoms with Crippen LogP contribution < -0.4 is 11.1 Å². The lowest BCUT2D eigenvalue weighted by Crippen LogP contribution is -2.28. The van der Waals surface area contributed by atoms with Gasteiger partial charge >= 0.3 is 6.18 Å². The maximum absolute atomic E-state index is 11.8. The summed E-state index contributed by atoms with van der Waals surface area (Å²) in [5.74, 6) is -0.400. The average Bonchev–Trinajstić information content (AvgIpc) is 2.26. The van der Waals surface area contributed by atoms with E-state index in [0.717, 1.165) is 5.56 Å². The second kappa shape index (κ2) is 6.28. The van der Waals surface area contributed by atoms with Gasteiger partial charge in [0.05, 0.1) is 6.42 Å². The zero-order chi connectivity index (χ0) is 13.6. The van der Waals surface area contributed by atoms with E-state index in [2.05, 4.69) is 5.32 Å². The molecule has 0 aliphatic rings. The first-order valence-corrected chi connectivity index (χ1v) is 5.55. The largest absolute Gasteiger partial charge is 0.399 e. The number of amides is 1. The van der Waals surface area contributed by atoms with Crippen molar-refractivity contribution in [1.82, 2.24) is 5.32 Å². The summed E-state index contributed by atoms with van der Waals surface area (Å²) < 4.78 is 35.5. The van der Waals surface area contributed by atoms with Crippen molar-refractivity contribution in [1.29, 1.82) is 0 Å². The van der Waals surface area contributed by atoms with Crippen LogP contribution in [0.25, 0.3) is 0 Å². The summed E-state index contributed by atoms with van der Waals surface area (Å²) in [6.45, 7) is -0.382. The van der Waals surface area contributed by atoms with Crippen LogP contribution in [-0.2, 0) is 11.2 Å². The molecule has 0 aliphatic carbocycles. The van der Waals surface area contributed by atoms with Gasteiger partial charge in [0.15, 0.2) is 0 Å². The first-order chi connectivity index (χ1) is 8.38. The van der Waals surface area contributed by atoms with E-state index in [1.165, 1.54) is 0 Å². The van der Waals surface area contributed by atoms with Gasteiger partial charge in [-0.2, -0.15) is 13.2 Å². The molecule has 0 radical (unpaired) electrons. The van der Waals surface area contributed by atoms with E-state index in [1.807, 2.05) is 0 Å². The zero-order valence-corrected chi connectivity index (χ0v) is 9.76. The summed E-state index contributed by atoms with van der Waals surface area (Å²) in [5.41, 5.74) is 7.09. The molecule has 3 nitrogen and oxygen atoms in total. The molecule has 0 atom stereocenters. The van der Waals surface area contributed by atoms with Gasteiger partial charge in [-0.05, 0) is 18.1 Å². The Morgan fingerprint density at radius 3 is 2.56 bits per heavy atom. The van der Waals surface area contributed by atoms with Crippen LogP contribution in [0.1, 0.15) is 18.4 Å². The molecular formula is C12H15F3N2O. The topological polar surface area (TPSA) is 55.1 Å². The fourth-order valence-corrected chi connectivity index (χ4v) is 1.44. The van der Waals surface area contributed by atoms with Gasteiger partial charge < -0.3 is 11.1 Å². The summed E-state index contributed by atoms with van der Waals surface area (Å²) in [4.78, 5) is 11.3. The first kappa shape index (κ1) is 14.3. The Morgan fingerprint density at radius 2 is 1.94 bits per heavy atom. The Hall–Kier alpha value is -1.72. The molecule has 0 bridgehead atoms. The molecule has 1 rings (SSSR count). The minimum absolute atomic E-state index is 0.131. The highest BCUT2D eigenvalue weighted by Crippen LogP contribution is 2.18. The molecule has 100 valence electrons. The van der Waals surface area contributed by atoms with Crippen LogP contribution in [0.15, 0.2) is 24.3 Å². The minimum atomic E-state index is -4.24. The Bertz CT molecular complexity index is 405. The fourth-order valence-electron chi connectivity index (χ4n) is 1.44. The average molecular weight is 260 g/mol. The summed E-state index contributed by atoms with van der Waals surface area (Å²) in [6.07, 6.45) is -4.69. The van der Waals surface area contributed by atoms with Gasteiger partial charge in [-0.25, -0.2) is 0 Å². The van der Waals surface area contributed by atoms with E-state index < -0.39 is 18.5 Å². The third-order valence-electron chi connectivity index (χ3n) is 2.41. The van der Waals surface area contributed by atoms with Crippen LogP contribution in [0.2, 0.25) is 0 Å². The fraction of sp³-hybridized carbons (Fsp3) is 0.417. The van der Waals surface area contributed by atoms with Crippen LogP contribution in [-0.4, -0.2) is 18.6 Å². The van der Waals surface area contributed by atoms with Crippen molar-refractivity contribution in [3.8, 4) is 0 Å². The summed E-state index contributed by atoms with van der Waals surface area (Å²) in [5, 5.41) is 2.23. The molecule has 18 heavy (non-hydrogen) atoms. The van der Waals surface area contributed by atoms with Gasteiger partial charge in [0.25, 0.3) is 0 Å². The van der Waals surface area contributed by atoms with Crippen molar-refractivity contribution >= 4 is 11.6 Å². The number of carbonyl (C=O) groups excluding carboxylic acids is 1. The maximum Gasteiger partial charge on any atom is 0.390 e. The summed E-state index contributed by atoms with van der Waals surface area (Å²) >= 11 is 0. The standard InChI is InChI=1S/C12H15F3N2O/c13-12(14,15)7-8-17-11(18)6-5-9-3-1-2-4-10(9)16/h1-4H,5-8,16H2,(H,17,18). The van der Waals surface area contributed by atoms with Crippen LogP contribution in [0.3, 0.4) is 0 Å². The van der Waals surface area contributed by atoms with E-state index in [9.17, 15) is 18.0 Å². The number of halogens is 3. The van der Waals surface area contributed by atoms with Crippen LogP contribution >= 0.6 is 0 Å². The molecule has 0 spiro atoms. The summed E-state index contributed by atoms with van der Waals surface area (Å²) in [7, 11) is 0.